The van der Waals surface area contributed by atoms with Crippen LogP contribution in [0.4, 0.5) is 0 Å². The van der Waals surface area contributed by atoms with Crippen LogP contribution in [0.15, 0.2) is 0 Å². The van der Waals surface area contributed by atoms with Gasteiger partial charge in [0.1, 0.15) is 0 Å². The molecule has 0 aliphatic carbocycles. The Bertz CT molecular complexity index is 127. The molecule has 0 aromatic carbocycles. The van der Waals surface area contributed by atoms with Crippen LogP contribution in [-0.2, 0) is 15.5 Å². The van der Waals surface area contributed by atoms with E-state index in [9.17, 15) is 8.76 Å². The van der Waals surface area contributed by atoms with E-state index in [4.69, 9.17) is 0 Å². The third-order valence-electron chi connectivity index (χ3n) is 1.71. The van der Waals surface area contributed by atoms with Crippen LogP contribution >= 0.6 is 0 Å². The molecule has 0 fully saturated rings. The van der Waals surface area contributed by atoms with Gasteiger partial charge >= 0.3 is 0 Å². The molecule has 0 saturated heterocycles. The molecule has 12 heavy (non-hydrogen) atoms. The standard InChI is InChI=1S/C8H18O3S/c1-3-4-5-6-7-8(2)11-12(9)10/h8H,3-7H2,1-2H3,(H,9,10)/p-1. The van der Waals surface area contributed by atoms with Crippen molar-refractivity contribution in [3.05, 3.63) is 0 Å². The first-order valence-corrected chi connectivity index (χ1v) is 5.43. The van der Waals surface area contributed by atoms with Crippen LogP contribution in [0, 0.1) is 0 Å². The zero-order valence-corrected chi connectivity index (χ0v) is 8.56. The van der Waals surface area contributed by atoms with Crippen molar-refractivity contribution in [1.82, 2.24) is 0 Å². The molecular weight excluding hydrogens is 176 g/mol. The molecule has 0 aromatic heterocycles. The van der Waals surface area contributed by atoms with Crippen molar-refractivity contribution in [2.75, 3.05) is 0 Å². The molecule has 2 unspecified atom stereocenters. The van der Waals surface area contributed by atoms with Gasteiger partial charge in [0.25, 0.3) is 0 Å². The van der Waals surface area contributed by atoms with E-state index in [1.54, 1.807) is 6.92 Å². The Labute approximate surface area is 77.0 Å². The van der Waals surface area contributed by atoms with E-state index in [0.717, 1.165) is 19.3 Å². The first kappa shape index (κ1) is 12.1. The van der Waals surface area contributed by atoms with Gasteiger partial charge in [-0.1, -0.05) is 32.6 Å². The van der Waals surface area contributed by atoms with Crippen molar-refractivity contribution in [3.8, 4) is 0 Å². The molecule has 0 saturated carbocycles. The summed E-state index contributed by atoms with van der Waals surface area (Å²) in [5.41, 5.74) is 0. The van der Waals surface area contributed by atoms with Gasteiger partial charge in [-0.2, -0.15) is 0 Å². The summed E-state index contributed by atoms with van der Waals surface area (Å²) in [7, 11) is 0. The molecular formula is C8H17O3S-. The fourth-order valence-electron chi connectivity index (χ4n) is 1.04. The van der Waals surface area contributed by atoms with Crippen LogP contribution in [0.2, 0.25) is 0 Å². The topological polar surface area (TPSA) is 49.4 Å². The molecule has 4 heteroatoms. The van der Waals surface area contributed by atoms with Crippen LogP contribution in [0.5, 0.6) is 0 Å². The Kier molecular flexibility index (Phi) is 7.75. The lowest BCUT2D eigenvalue weighted by atomic mass is 10.1. The Morgan fingerprint density at radius 3 is 2.58 bits per heavy atom. The minimum absolute atomic E-state index is 0.166. The van der Waals surface area contributed by atoms with E-state index in [1.807, 2.05) is 0 Å². The summed E-state index contributed by atoms with van der Waals surface area (Å²) in [5.74, 6) is 0. The number of rotatable bonds is 7. The SMILES string of the molecule is CCCCCCC(C)OS(=O)[O-]. The van der Waals surface area contributed by atoms with E-state index in [1.165, 1.54) is 12.8 Å². The Morgan fingerprint density at radius 1 is 1.42 bits per heavy atom. The highest BCUT2D eigenvalue weighted by Gasteiger charge is 2.01. The number of hydrogen-bond acceptors (Lipinski definition) is 3. The Hall–Kier alpha value is 0.0700. The minimum atomic E-state index is -2.35. The van der Waals surface area contributed by atoms with Crippen LogP contribution < -0.4 is 0 Å². The maximum Gasteiger partial charge on any atom is 0.0844 e. The van der Waals surface area contributed by atoms with Crippen LogP contribution in [0.3, 0.4) is 0 Å². The maximum absolute atomic E-state index is 10.1. The van der Waals surface area contributed by atoms with Gasteiger partial charge in [0, 0.05) is 0 Å². The lowest BCUT2D eigenvalue weighted by Crippen LogP contribution is -2.09. The number of hydrogen-bond donors (Lipinski definition) is 0. The second-order valence-electron chi connectivity index (χ2n) is 2.96. The molecule has 3 nitrogen and oxygen atoms in total. The highest BCUT2D eigenvalue weighted by molar-refractivity contribution is 7.74. The van der Waals surface area contributed by atoms with Gasteiger partial charge in [0.15, 0.2) is 0 Å². The van der Waals surface area contributed by atoms with E-state index in [0.29, 0.717) is 0 Å². The summed E-state index contributed by atoms with van der Waals surface area (Å²) in [5, 5.41) is 0. The highest BCUT2D eigenvalue weighted by atomic mass is 32.2. The highest BCUT2D eigenvalue weighted by Crippen LogP contribution is 2.08. The molecule has 0 rings (SSSR count). The quantitative estimate of drug-likeness (QED) is 0.460. The summed E-state index contributed by atoms with van der Waals surface area (Å²) < 4.78 is 24.7. The van der Waals surface area contributed by atoms with Crippen molar-refractivity contribution in [2.24, 2.45) is 0 Å². The van der Waals surface area contributed by atoms with Crippen molar-refractivity contribution in [3.63, 3.8) is 0 Å². The van der Waals surface area contributed by atoms with E-state index < -0.39 is 11.4 Å². The molecule has 0 bridgehead atoms. The van der Waals surface area contributed by atoms with Gasteiger partial charge in [-0.25, -0.2) is 4.21 Å². The predicted octanol–water partition coefficient (Wildman–Crippen LogP) is 2.16. The Balaban J connectivity index is 3.19. The largest absolute Gasteiger partial charge is 0.750 e. The van der Waals surface area contributed by atoms with E-state index in [-0.39, 0.29) is 6.10 Å². The molecule has 0 aliphatic heterocycles. The molecule has 0 amide bonds. The van der Waals surface area contributed by atoms with Crippen LogP contribution in [-0.4, -0.2) is 14.9 Å². The van der Waals surface area contributed by atoms with Gasteiger partial charge < -0.3 is 4.55 Å². The predicted molar refractivity (Wildman–Crippen MR) is 48.2 cm³/mol. The molecule has 0 heterocycles. The van der Waals surface area contributed by atoms with E-state index >= 15 is 0 Å². The van der Waals surface area contributed by atoms with Crippen LogP contribution in [0.25, 0.3) is 0 Å². The van der Waals surface area contributed by atoms with Crippen molar-refractivity contribution in [2.45, 2.75) is 52.1 Å². The summed E-state index contributed by atoms with van der Waals surface area (Å²) in [6, 6.07) is 0. The molecule has 0 aromatic rings. The van der Waals surface area contributed by atoms with Crippen molar-refractivity contribution >= 4 is 11.4 Å². The second kappa shape index (κ2) is 7.71. The first-order chi connectivity index (χ1) is 5.66. The molecule has 74 valence electrons. The van der Waals surface area contributed by atoms with Crippen molar-refractivity contribution < 1.29 is 12.9 Å². The molecule has 0 radical (unpaired) electrons. The minimum Gasteiger partial charge on any atom is -0.750 e. The van der Waals surface area contributed by atoms with Gasteiger partial charge in [-0.15, -0.1) is 0 Å². The third kappa shape index (κ3) is 8.17. The maximum atomic E-state index is 10.1. The monoisotopic (exact) mass is 193 g/mol. The smallest absolute Gasteiger partial charge is 0.0844 e. The lowest BCUT2D eigenvalue weighted by Gasteiger charge is -2.13. The third-order valence-corrected chi connectivity index (χ3v) is 2.19. The molecule has 0 aliphatic rings. The first-order valence-electron chi connectivity index (χ1n) is 4.43. The fourth-order valence-corrected chi connectivity index (χ4v) is 1.41. The van der Waals surface area contributed by atoms with Gasteiger partial charge in [-0.05, 0) is 13.3 Å². The van der Waals surface area contributed by atoms with Crippen LogP contribution in [0.1, 0.15) is 46.0 Å². The lowest BCUT2D eigenvalue weighted by molar-refractivity contribution is 0.205. The average molecular weight is 193 g/mol. The zero-order chi connectivity index (χ0) is 9.40. The normalized spacial score (nSPS) is 15.9. The molecule has 0 spiro atoms. The number of unbranched alkanes of at least 4 members (excludes halogenated alkanes) is 3. The summed E-state index contributed by atoms with van der Waals surface area (Å²) in [6.45, 7) is 3.92. The van der Waals surface area contributed by atoms with Gasteiger partial charge in [0.2, 0.25) is 0 Å². The van der Waals surface area contributed by atoms with Gasteiger partial charge in [-0.3, -0.25) is 4.18 Å². The van der Waals surface area contributed by atoms with E-state index in [2.05, 4.69) is 11.1 Å². The summed E-state index contributed by atoms with van der Waals surface area (Å²) >= 11 is -2.35. The fraction of sp³-hybridized carbons (Fsp3) is 1.00. The molecule has 0 N–H and O–H groups in total. The molecule has 2 atom stereocenters. The average Bonchev–Trinajstić information content (AvgIpc) is 1.97. The summed E-state index contributed by atoms with van der Waals surface area (Å²) in [6.07, 6.45) is 5.28. The second-order valence-corrected chi connectivity index (χ2v) is 3.56. The Morgan fingerprint density at radius 2 is 2.08 bits per heavy atom. The van der Waals surface area contributed by atoms with Gasteiger partial charge in [0.05, 0.1) is 17.5 Å². The van der Waals surface area contributed by atoms with Crippen molar-refractivity contribution in [1.29, 1.82) is 0 Å². The zero-order valence-electron chi connectivity index (χ0n) is 7.75. The summed E-state index contributed by atoms with van der Waals surface area (Å²) in [4.78, 5) is 0.